The Bertz CT molecular complexity index is 1200. The summed E-state index contributed by atoms with van der Waals surface area (Å²) >= 11 is 0. The number of hydrogen-bond acceptors (Lipinski definition) is 18. The van der Waals surface area contributed by atoms with Crippen molar-refractivity contribution in [2.75, 3.05) is 26.4 Å². The maximum Gasteiger partial charge on any atom is 0.220 e. The summed E-state index contributed by atoms with van der Waals surface area (Å²) in [6.07, 6.45) is -7.12. The molecule has 19 heteroatoms. The van der Waals surface area contributed by atoms with Crippen molar-refractivity contribution < 1.29 is 89.4 Å². The number of hydrogen-bond donors (Lipinski definition) is 12. The fourth-order valence-corrected chi connectivity index (χ4v) is 7.71. The van der Waals surface area contributed by atoms with Gasteiger partial charge in [0.25, 0.3) is 0 Å². The van der Waals surface area contributed by atoms with Gasteiger partial charge in [-0.25, -0.2) is 0 Å². The van der Waals surface area contributed by atoms with E-state index in [1.807, 2.05) is 0 Å². The molecule has 3 aliphatic heterocycles. The molecule has 1 amide bonds. The van der Waals surface area contributed by atoms with Crippen molar-refractivity contribution in [3.05, 3.63) is 12.2 Å². The molecule has 17 unspecified atom stereocenters. The Balaban J connectivity index is 1.56. The molecule has 3 fully saturated rings. The fourth-order valence-electron chi connectivity index (χ4n) is 7.71. The van der Waals surface area contributed by atoms with Crippen LogP contribution in [0.3, 0.4) is 0 Å². The van der Waals surface area contributed by atoms with Gasteiger partial charge in [0, 0.05) is 6.42 Å². The molecule has 12 N–H and O–H groups in total. The van der Waals surface area contributed by atoms with Crippen molar-refractivity contribution >= 4 is 5.91 Å². The Hall–Kier alpha value is -1.47. The molecule has 0 spiro atoms. The molecule has 0 aromatic carbocycles. The number of carbonyl (C=O) groups is 1. The second kappa shape index (κ2) is 29.1. The highest BCUT2D eigenvalue weighted by atomic mass is 16.8. The number of carbonyl (C=O) groups excluding carboxylic acids is 1. The molecule has 0 aromatic heterocycles. The number of unbranched alkanes of at least 4 members (excludes halogenated alkanes) is 11. The van der Waals surface area contributed by atoms with Crippen molar-refractivity contribution in [3.8, 4) is 0 Å². The molecule has 3 saturated heterocycles. The van der Waals surface area contributed by atoms with Gasteiger partial charge in [-0.05, 0) is 38.5 Å². The smallest absolute Gasteiger partial charge is 0.220 e. The Labute approximate surface area is 359 Å². The lowest BCUT2D eigenvalue weighted by Gasteiger charge is -2.48. The summed E-state index contributed by atoms with van der Waals surface area (Å²) in [5, 5.41) is 119. The van der Waals surface area contributed by atoms with Crippen LogP contribution >= 0.6 is 0 Å². The highest BCUT2D eigenvalue weighted by Gasteiger charge is 2.53. The average Bonchev–Trinajstić information content (AvgIpc) is 3.25. The Morgan fingerprint density at radius 1 is 0.574 bits per heavy atom. The van der Waals surface area contributed by atoms with E-state index in [0.717, 1.165) is 57.8 Å². The molecule has 17 atom stereocenters. The van der Waals surface area contributed by atoms with Gasteiger partial charge in [-0.2, -0.15) is 0 Å². The predicted octanol–water partition coefficient (Wildman–Crippen LogP) is -0.865. The van der Waals surface area contributed by atoms with Crippen LogP contribution in [0, 0.1) is 0 Å². The zero-order valence-electron chi connectivity index (χ0n) is 35.9. The number of aliphatic hydroxyl groups excluding tert-OH is 11. The van der Waals surface area contributed by atoms with Gasteiger partial charge in [-0.1, -0.05) is 83.8 Å². The van der Waals surface area contributed by atoms with Crippen LogP contribution in [0.25, 0.3) is 0 Å². The fraction of sp³-hybridized carbons (Fsp3) is 0.929. The number of allylic oxidation sites excluding steroid dienone is 2. The normalized spacial score (nSPS) is 35.7. The predicted molar refractivity (Wildman–Crippen MR) is 217 cm³/mol. The third-order valence-electron chi connectivity index (χ3n) is 11.6. The first-order chi connectivity index (χ1) is 29.3. The molecule has 0 saturated carbocycles. The lowest BCUT2D eigenvalue weighted by Crippen LogP contribution is -2.66. The molecule has 0 radical (unpaired) electrons. The summed E-state index contributed by atoms with van der Waals surface area (Å²) < 4.78 is 33.9. The summed E-state index contributed by atoms with van der Waals surface area (Å²) in [6.45, 7) is 1.55. The van der Waals surface area contributed by atoms with Crippen molar-refractivity contribution in [1.29, 1.82) is 0 Å². The van der Waals surface area contributed by atoms with Gasteiger partial charge in [-0.15, -0.1) is 0 Å². The first-order valence-corrected chi connectivity index (χ1v) is 22.4. The third-order valence-corrected chi connectivity index (χ3v) is 11.6. The van der Waals surface area contributed by atoms with Gasteiger partial charge in [0.2, 0.25) is 5.91 Å². The van der Waals surface area contributed by atoms with E-state index in [2.05, 4.69) is 31.3 Å². The van der Waals surface area contributed by atoms with Crippen molar-refractivity contribution in [2.24, 2.45) is 0 Å². The van der Waals surface area contributed by atoms with Gasteiger partial charge in [0.1, 0.15) is 73.2 Å². The summed E-state index contributed by atoms with van der Waals surface area (Å²) in [4.78, 5) is 13.0. The van der Waals surface area contributed by atoms with Crippen LogP contribution < -0.4 is 5.32 Å². The zero-order valence-corrected chi connectivity index (χ0v) is 35.9. The van der Waals surface area contributed by atoms with Crippen LogP contribution in [-0.2, 0) is 33.2 Å². The Morgan fingerprint density at radius 3 is 1.61 bits per heavy atom. The summed E-state index contributed by atoms with van der Waals surface area (Å²) in [5.41, 5.74) is 0. The van der Waals surface area contributed by atoms with Crippen LogP contribution in [0.4, 0.5) is 0 Å². The number of amides is 1. The maximum absolute atomic E-state index is 13.0. The quantitative estimate of drug-likeness (QED) is 0.0321. The molecule has 19 nitrogen and oxygen atoms in total. The SMILES string of the molecule is CCCCC/C=C\CCCCCCCC(=O)NC(COC1OC(CO)C(OC2OC(CO)C(OC3OC(CO)C(O)C(O)C3O)C(O)C2O)C(O)C1O)C(O)CCCCCC. The molecule has 358 valence electrons. The zero-order chi connectivity index (χ0) is 44.9. The third kappa shape index (κ3) is 16.8. The first-order valence-electron chi connectivity index (χ1n) is 22.4. The van der Waals surface area contributed by atoms with Crippen molar-refractivity contribution in [1.82, 2.24) is 5.32 Å². The summed E-state index contributed by atoms with van der Waals surface area (Å²) in [7, 11) is 0. The topological polar surface area (TPSA) is 307 Å². The molecule has 61 heavy (non-hydrogen) atoms. The second-order valence-corrected chi connectivity index (χ2v) is 16.5. The van der Waals surface area contributed by atoms with Gasteiger partial charge in [0.15, 0.2) is 18.9 Å². The van der Waals surface area contributed by atoms with Crippen LogP contribution in [0.1, 0.15) is 117 Å². The molecule has 3 rings (SSSR count). The van der Waals surface area contributed by atoms with E-state index in [1.54, 1.807) is 0 Å². The average molecular weight is 884 g/mol. The molecule has 3 heterocycles. The minimum absolute atomic E-state index is 0.255. The molecule has 0 aromatic rings. The van der Waals surface area contributed by atoms with Gasteiger partial charge < -0.3 is 89.9 Å². The van der Waals surface area contributed by atoms with E-state index >= 15 is 0 Å². The van der Waals surface area contributed by atoms with Crippen LogP contribution in [0.15, 0.2) is 12.2 Å². The number of aliphatic hydroxyl groups is 11. The van der Waals surface area contributed by atoms with Crippen LogP contribution in [0.5, 0.6) is 0 Å². The van der Waals surface area contributed by atoms with E-state index in [0.29, 0.717) is 19.3 Å². The molecule has 0 bridgehead atoms. The highest BCUT2D eigenvalue weighted by Crippen LogP contribution is 2.33. The maximum atomic E-state index is 13.0. The van der Waals surface area contributed by atoms with Crippen molar-refractivity contribution in [2.45, 2.75) is 221 Å². The molecular weight excluding hydrogens is 806 g/mol. The van der Waals surface area contributed by atoms with E-state index in [4.69, 9.17) is 28.4 Å². The van der Waals surface area contributed by atoms with E-state index < -0.39 is 124 Å². The van der Waals surface area contributed by atoms with Gasteiger partial charge in [0.05, 0.1) is 38.6 Å². The number of nitrogens with one attached hydrogen (secondary N) is 1. The second-order valence-electron chi connectivity index (χ2n) is 16.5. The minimum Gasteiger partial charge on any atom is -0.394 e. The van der Waals surface area contributed by atoms with Crippen molar-refractivity contribution in [3.63, 3.8) is 0 Å². The number of ether oxygens (including phenoxy) is 6. The van der Waals surface area contributed by atoms with E-state index in [1.165, 1.54) is 19.3 Å². The summed E-state index contributed by atoms with van der Waals surface area (Å²) in [6, 6.07) is -0.881. The molecule has 3 aliphatic rings. The summed E-state index contributed by atoms with van der Waals surface area (Å²) in [5.74, 6) is -0.265. The Kier molecular flexibility index (Phi) is 25.7. The van der Waals surface area contributed by atoms with Crippen LogP contribution in [-0.4, -0.2) is 193 Å². The van der Waals surface area contributed by atoms with Gasteiger partial charge in [-0.3, -0.25) is 4.79 Å². The van der Waals surface area contributed by atoms with E-state index in [-0.39, 0.29) is 18.9 Å². The molecule has 0 aliphatic carbocycles. The largest absolute Gasteiger partial charge is 0.394 e. The van der Waals surface area contributed by atoms with Crippen LogP contribution in [0.2, 0.25) is 0 Å². The monoisotopic (exact) mass is 884 g/mol. The first kappa shape index (κ1) is 53.9. The van der Waals surface area contributed by atoms with E-state index in [9.17, 15) is 61.0 Å². The Morgan fingerprint density at radius 2 is 1.03 bits per heavy atom. The lowest BCUT2D eigenvalue weighted by atomic mass is 9.96. The minimum atomic E-state index is -1.97. The standard InChI is InChI=1S/C42H77NO18/c1-3-5-7-9-10-11-12-13-14-15-16-18-20-30(48)43-25(26(47)19-17-8-6-4-2)24-56-40-36(54)33(51)38(28(22-45)58-40)61-42-37(55)34(52)39(29(23-46)59-42)60-41-35(53)32(50)31(49)27(21-44)57-41/h10-11,25-29,31-42,44-47,49-55H,3-9,12-24H2,1-2H3,(H,43,48)/b11-10-. The van der Waals surface area contributed by atoms with Gasteiger partial charge >= 0.3 is 0 Å². The molecular formula is C42H77NO18. The lowest BCUT2D eigenvalue weighted by molar-refractivity contribution is -0.379. The number of rotatable bonds is 29. The highest BCUT2D eigenvalue weighted by molar-refractivity contribution is 5.76.